The molecule has 0 aliphatic carbocycles. The molecule has 1 heterocycles. The third-order valence-corrected chi connectivity index (χ3v) is 4.19. The summed E-state index contributed by atoms with van der Waals surface area (Å²) in [5, 5.41) is 0. The van der Waals surface area contributed by atoms with Crippen LogP contribution in [0.2, 0.25) is 0 Å². The van der Waals surface area contributed by atoms with Gasteiger partial charge < -0.3 is 9.30 Å². The van der Waals surface area contributed by atoms with Gasteiger partial charge in [0.05, 0.1) is 0 Å². The molecule has 0 N–H and O–H groups in total. The Kier molecular flexibility index (Phi) is 5.64. The minimum Gasteiger partial charge on any atom is -0.484 e. The number of carbonyl (C=O) groups is 1. The van der Waals surface area contributed by atoms with E-state index in [4.69, 9.17) is 4.74 Å². The van der Waals surface area contributed by atoms with E-state index in [-0.39, 0.29) is 12.5 Å². The second kappa shape index (κ2) is 8.30. The van der Waals surface area contributed by atoms with Crippen LogP contribution in [0.3, 0.4) is 0 Å². The Labute approximate surface area is 153 Å². The van der Waals surface area contributed by atoms with E-state index in [9.17, 15) is 4.79 Å². The fourth-order valence-corrected chi connectivity index (χ4v) is 2.59. The Bertz CT molecular complexity index is 959. The van der Waals surface area contributed by atoms with Crippen LogP contribution in [-0.2, 0) is 11.3 Å². The predicted molar refractivity (Wildman–Crippen MR) is 102 cm³/mol. The molecule has 0 fully saturated rings. The van der Waals surface area contributed by atoms with Crippen molar-refractivity contribution >= 4 is 5.91 Å². The number of rotatable bonds is 5. The van der Waals surface area contributed by atoms with E-state index in [0.29, 0.717) is 17.8 Å². The van der Waals surface area contributed by atoms with Gasteiger partial charge in [-0.3, -0.25) is 4.79 Å². The quantitative estimate of drug-likeness (QED) is 0.708. The summed E-state index contributed by atoms with van der Waals surface area (Å²) in [6.45, 7) is 4.64. The van der Waals surface area contributed by atoms with Gasteiger partial charge in [0, 0.05) is 12.7 Å². The van der Waals surface area contributed by atoms with Gasteiger partial charge in [-0.2, -0.15) is 4.99 Å². The molecule has 3 aromatic rings. The van der Waals surface area contributed by atoms with Gasteiger partial charge in [0.2, 0.25) is 0 Å². The molecule has 1 amide bonds. The Morgan fingerprint density at radius 2 is 1.73 bits per heavy atom. The van der Waals surface area contributed by atoms with E-state index < -0.39 is 0 Å². The van der Waals surface area contributed by atoms with Crippen molar-refractivity contribution in [1.29, 1.82) is 0 Å². The highest BCUT2D eigenvalue weighted by molar-refractivity contribution is 5.78. The zero-order valence-electron chi connectivity index (χ0n) is 15.1. The molecule has 1 aromatic heterocycles. The summed E-state index contributed by atoms with van der Waals surface area (Å²) in [6.07, 6.45) is 1.92. The third kappa shape index (κ3) is 4.70. The number of aromatic nitrogens is 1. The molecule has 0 radical (unpaired) electrons. The molecular formula is C22H22N2O2. The van der Waals surface area contributed by atoms with Crippen LogP contribution in [0.5, 0.6) is 5.75 Å². The summed E-state index contributed by atoms with van der Waals surface area (Å²) in [5.74, 6) is 0.373. The standard InChI is InChI=1S/C22H22N2O2/c1-17-11-12-20(14-18(17)2)26-16-22(25)23-21-10-6-7-13-24(21)15-19-8-4-3-5-9-19/h3-14H,15-16H2,1-2H3. The molecule has 2 aromatic carbocycles. The van der Waals surface area contributed by atoms with Gasteiger partial charge in [0.25, 0.3) is 5.91 Å². The van der Waals surface area contributed by atoms with E-state index in [1.807, 2.05) is 79.2 Å². The molecule has 0 saturated carbocycles. The molecule has 0 atom stereocenters. The van der Waals surface area contributed by atoms with Crippen LogP contribution in [0.15, 0.2) is 77.9 Å². The highest BCUT2D eigenvalue weighted by atomic mass is 16.5. The second-order valence-electron chi connectivity index (χ2n) is 6.21. The second-order valence-corrected chi connectivity index (χ2v) is 6.21. The normalized spacial score (nSPS) is 11.4. The van der Waals surface area contributed by atoms with Gasteiger partial charge in [0.1, 0.15) is 11.2 Å². The number of hydrogen-bond acceptors (Lipinski definition) is 2. The molecule has 0 unspecified atom stereocenters. The van der Waals surface area contributed by atoms with Crippen LogP contribution >= 0.6 is 0 Å². The maximum absolute atomic E-state index is 12.2. The highest BCUT2D eigenvalue weighted by Gasteiger charge is 2.04. The topological polar surface area (TPSA) is 43.6 Å². The van der Waals surface area contributed by atoms with Crippen LogP contribution in [0.1, 0.15) is 16.7 Å². The van der Waals surface area contributed by atoms with Gasteiger partial charge in [-0.05, 0) is 54.8 Å². The summed E-state index contributed by atoms with van der Waals surface area (Å²) in [4.78, 5) is 16.4. The molecule has 0 saturated heterocycles. The van der Waals surface area contributed by atoms with Crippen molar-refractivity contribution in [1.82, 2.24) is 4.57 Å². The number of carbonyl (C=O) groups excluding carboxylic acids is 1. The highest BCUT2D eigenvalue weighted by Crippen LogP contribution is 2.16. The first-order valence-corrected chi connectivity index (χ1v) is 8.59. The molecule has 0 bridgehead atoms. The van der Waals surface area contributed by atoms with E-state index >= 15 is 0 Å². The summed E-state index contributed by atoms with van der Waals surface area (Å²) in [6, 6.07) is 21.5. The summed E-state index contributed by atoms with van der Waals surface area (Å²) in [7, 11) is 0. The zero-order chi connectivity index (χ0) is 18.4. The van der Waals surface area contributed by atoms with Crippen molar-refractivity contribution < 1.29 is 9.53 Å². The van der Waals surface area contributed by atoms with Crippen molar-refractivity contribution in [3.8, 4) is 5.75 Å². The summed E-state index contributed by atoms with van der Waals surface area (Å²) >= 11 is 0. The lowest BCUT2D eigenvalue weighted by atomic mass is 10.1. The summed E-state index contributed by atoms with van der Waals surface area (Å²) in [5.41, 5.74) is 4.10. The minimum absolute atomic E-state index is 0.0806. The number of amides is 1. The van der Waals surface area contributed by atoms with Crippen molar-refractivity contribution in [2.24, 2.45) is 4.99 Å². The molecule has 4 heteroatoms. The predicted octanol–water partition coefficient (Wildman–Crippen LogP) is 3.66. The lowest BCUT2D eigenvalue weighted by Gasteiger charge is -2.08. The number of hydrogen-bond donors (Lipinski definition) is 0. The minimum atomic E-state index is -0.309. The first kappa shape index (κ1) is 17.7. The van der Waals surface area contributed by atoms with Crippen molar-refractivity contribution in [3.05, 3.63) is 95.1 Å². The summed E-state index contributed by atoms with van der Waals surface area (Å²) < 4.78 is 7.53. The fourth-order valence-electron chi connectivity index (χ4n) is 2.59. The van der Waals surface area contributed by atoms with Gasteiger partial charge in [0.15, 0.2) is 6.61 Å². The van der Waals surface area contributed by atoms with Crippen LogP contribution in [0.4, 0.5) is 0 Å². The first-order valence-electron chi connectivity index (χ1n) is 8.59. The van der Waals surface area contributed by atoms with Crippen molar-refractivity contribution in [2.75, 3.05) is 6.61 Å². The molecule has 0 aliphatic heterocycles. The molecule has 132 valence electrons. The maximum Gasteiger partial charge on any atom is 0.285 e. The van der Waals surface area contributed by atoms with Gasteiger partial charge in [-0.15, -0.1) is 0 Å². The number of aryl methyl sites for hydroxylation is 2. The fraction of sp³-hybridized carbons (Fsp3) is 0.182. The van der Waals surface area contributed by atoms with Crippen LogP contribution in [-0.4, -0.2) is 17.1 Å². The number of nitrogens with zero attached hydrogens (tertiary/aromatic N) is 2. The molecule has 0 aliphatic rings. The molecule has 3 rings (SSSR count). The Balaban J connectivity index is 1.72. The largest absolute Gasteiger partial charge is 0.484 e. The SMILES string of the molecule is Cc1ccc(OCC(=O)N=c2ccccn2Cc2ccccc2)cc1C. The Hall–Kier alpha value is -3.14. The Morgan fingerprint density at radius 3 is 2.50 bits per heavy atom. The first-order chi connectivity index (χ1) is 12.6. The average Bonchev–Trinajstić information content (AvgIpc) is 2.65. The van der Waals surface area contributed by atoms with Gasteiger partial charge in [-0.25, -0.2) is 0 Å². The van der Waals surface area contributed by atoms with Gasteiger partial charge in [-0.1, -0.05) is 42.5 Å². The lowest BCUT2D eigenvalue weighted by Crippen LogP contribution is -2.23. The van der Waals surface area contributed by atoms with Crippen LogP contribution < -0.4 is 10.2 Å². The monoisotopic (exact) mass is 346 g/mol. The molecule has 26 heavy (non-hydrogen) atoms. The smallest absolute Gasteiger partial charge is 0.285 e. The van der Waals surface area contributed by atoms with Crippen molar-refractivity contribution in [2.45, 2.75) is 20.4 Å². The number of benzene rings is 2. The third-order valence-electron chi connectivity index (χ3n) is 4.19. The number of pyridine rings is 1. The Morgan fingerprint density at radius 1 is 0.962 bits per heavy atom. The zero-order valence-corrected chi connectivity index (χ0v) is 15.1. The average molecular weight is 346 g/mol. The lowest BCUT2D eigenvalue weighted by molar-refractivity contribution is -0.120. The molecular weight excluding hydrogens is 324 g/mol. The van der Waals surface area contributed by atoms with E-state index in [1.165, 1.54) is 5.56 Å². The maximum atomic E-state index is 12.2. The van der Waals surface area contributed by atoms with E-state index in [1.54, 1.807) is 0 Å². The van der Waals surface area contributed by atoms with E-state index in [0.717, 1.165) is 11.1 Å². The molecule has 0 spiro atoms. The van der Waals surface area contributed by atoms with E-state index in [2.05, 4.69) is 17.1 Å². The van der Waals surface area contributed by atoms with Gasteiger partial charge >= 0.3 is 0 Å². The van der Waals surface area contributed by atoms with Crippen LogP contribution in [0.25, 0.3) is 0 Å². The van der Waals surface area contributed by atoms with Crippen LogP contribution in [0, 0.1) is 13.8 Å². The number of ether oxygens (including phenoxy) is 1. The molecule has 4 nitrogen and oxygen atoms in total. The van der Waals surface area contributed by atoms with Crippen molar-refractivity contribution in [3.63, 3.8) is 0 Å².